The molecule has 0 spiro atoms. The smallest absolute Gasteiger partial charge is 0.756 e. The minimum atomic E-state index is -6.06. The average molecular weight is 591 g/mol. The summed E-state index contributed by atoms with van der Waals surface area (Å²) in [4.78, 5) is 66.5. The maximum absolute atomic E-state index is 12.1. The van der Waals surface area contributed by atoms with Crippen LogP contribution in [0.15, 0.2) is 12.2 Å². The molecule has 17 nitrogen and oxygen atoms in total. The van der Waals surface area contributed by atoms with Crippen LogP contribution in [0.1, 0.15) is 6.42 Å². The largest absolute Gasteiger partial charge is 1.00 e. The number of amides is 3. The van der Waals surface area contributed by atoms with Crippen molar-refractivity contribution in [3.63, 3.8) is 0 Å². The van der Waals surface area contributed by atoms with Crippen molar-refractivity contribution in [2.24, 2.45) is 11.7 Å². The van der Waals surface area contributed by atoms with E-state index in [-0.39, 0.29) is 108 Å². The van der Waals surface area contributed by atoms with E-state index in [1.54, 1.807) is 0 Å². The number of phosphoric acid groups is 3. The van der Waals surface area contributed by atoms with Crippen LogP contribution in [0.4, 0.5) is 4.79 Å². The fourth-order valence-corrected chi connectivity index (χ4v) is 5.69. The van der Waals surface area contributed by atoms with E-state index in [4.69, 9.17) is 15.4 Å². The van der Waals surface area contributed by atoms with Crippen molar-refractivity contribution >= 4 is 35.4 Å². The quantitative estimate of drug-likeness (QED) is 0.104. The second kappa shape index (κ2) is 16.3. The SMILES string of the molecule is NCC=CC1CN(C2CC(O)C(COP(=O)([O-])OP(=O)([O-])OP(=O)([O-])O)O2)C(=O)NC1=O.[Na+].[Na+].[Na+]. The van der Waals surface area contributed by atoms with Crippen LogP contribution < -0.4 is 114 Å². The molecule has 2 aliphatic rings. The first-order chi connectivity index (χ1) is 14.6. The molecule has 35 heavy (non-hydrogen) atoms. The van der Waals surface area contributed by atoms with E-state index in [0.717, 1.165) is 4.90 Å². The summed E-state index contributed by atoms with van der Waals surface area (Å²) in [6.45, 7) is -0.959. The second-order valence-electron chi connectivity index (χ2n) is 6.47. The number of hydrogen-bond donors (Lipinski definition) is 4. The van der Waals surface area contributed by atoms with Gasteiger partial charge in [0.2, 0.25) is 5.91 Å². The number of aliphatic hydroxyl groups is 1. The topological polar surface area (TPSA) is 273 Å². The van der Waals surface area contributed by atoms with Gasteiger partial charge < -0.3 is 39.7 Å². The van der Waals surface area contributed by atoms with Crippen LogP contribution >= 0.6 is 23.5 Å². The van der Waals surface area contributed by atoms with E-state index < -0.39 is 66.4 Å². The summed E-state index contributed by atoms with van der Waals surface area (Å²) >= 11 is 0. The Kier molecular flexibility index (Phi) is 18.2. The number of nitrogens with two attached hydrogens (primary N) is 1. The summed E-state index contributed by atoms with van der Waals surface area (Å²) in [5, 5.41) is 12.2. The Bertz CT molecular complexity index is 906. The Morgan fingerprint density at radius 1 is 1.14 bits per heavy atom. The zero-order valence-electron chi connectivity index (χ0n) is 19.0. The number of nitrogens with zero attached hydrogens (tertiary/aromatic N) is 1. The zero-order valence-corrected chi connectivity index (χ0v) is 27.6. The fraction of sp³-hybridized carbons (Fsp3) is 0.667. The molecular weight excluding hydrogens is 572 g/mol. The van der Waals surface area contributed by atoms with Crippen molar-refractivity contribution in [2.75, 3.05) is 19.7 Å². The first-order valence-corrected chi connectivity index (χ1v) is 13.1. The number of rotatable bonds is 10. The number of ether oxygens (including phenoxy) is 1. The number of hydrogen-bond acceptors (Lipinski definition) is 14. The van der Waals surface area contributed by atoms with Crippen LogP contribution in [0.25, 0.3) is 0 Å². The average Bonchev–Trinajstić information content (AvgIpc) is 2.97. The van der Waals surface area contributed by atoms with Gasteiger partial charge in [0.1, 0.15) is 12.3 Å². The van der Waals surface area contributed by atoms with Crippen molar-refractivity contribution in [3.05, 3.63) is 12.2 Å². The number of imide groups is 1. The molecule has 2 rings (SSSR count). The monoisotopic (exact) mass is 591 g/mol. The van der Waals surface area contributed by atoms with Crippen LogP contribution in [0.3, 0.4) is 0 Å². The molecule has 0 aromatic rings. The molecule has 184 valence electrons. The van der Waals surface area contributed by atoms with Gasteiger partial charge in [0.15, 0.2) is 0 Å². The molecule has 3 amide bonds. The van der Waals surface area contributed by atoms with Gasteiger partial charge in [0.25, 0.3) is 23.5 Å². The molecule has 7 atom stereocenters. The number of carbonyl (C=O) groups excluding carboxylic acids is 2. The first-order valence-electron chi connectivity index (χ1n) is 8.67. The molecule has 0 bridgehead atoms. The van der Waals surface area contributed by atoms with Gasteiger partial charge in [0.05, 0.1) is 18.6 Å². The van der Waals surface area contributed by atoms with Gasteiger partial charge in [-0.1, -0.05) is 12.2 Å². The summed E-state index contributed by atoms with van der Waals surface area (Å²) < 4.78 is 49.4. The van der Waals surface area contributed by atoms with E-state index >= 15 is 0 Å². The summed E-state index contributed by atoms with van der Waals surface area (Å²) in [6.07, 6.45) is -1.08. The Morgan fingerprint density at radius 2 is 1.74 bits per heavy atom. The molecule has 0 radical (unpaired) electrons. The number of urea groups is 1. The third-order valence-corrected chi connectivity index (χ3v) is 7.77. The Morgan fingerprint density at radius 3 is 2.29 bits per heavy atom. The molecule has 23 heteroatoms. The standard InChI is InChI=1S/C12H22N3O14P3.3Na/c13-3-1-2-7-5-15(12(18)14-11(7)17)10-4-8(16)9(27-10)6-26-31(22,23)29-32(24,25)28-30(19,20)21;;;/h1-2,7-10,16H,3-6,13H2,(H,22,23)(H,24,25)(H,14,17,18)(H2,19,20,21);;;/q;3*+1/p-3. The van der Waals surface area contributed by atoms with Crippen molar-refractivity contribution in [1.29, 1.82) is 0 Å². The van der Waals surface area contributed by atoms with Gasteiger partial charge in [-0.15, -0.1) is 0 Å². The Balaban J connectivity index is 0. The summed E-state index contributed by atoms with van der Waals surface area (Å²) in [5.41, 5.74) is 5.33. The summed E-state index contributed by atoms with van der Waals surface area (Å²) in [7, 11) is -17.7. The molecule has 0 aliphatic carbocycles. The first kappa shape index (κ1) is 39.1. The van der Waals surface area contributed by atoms with Crippen LogP contribution in [-0.2, 0) is 36.4 Å². The van der Waals surface area contributed by atoms with Crippen molar-refractivity contribution in [3.8, 4) is 0 Å². The van der Waals surface area contributed by atoms with Crippen molar-refractivity contribution in [1.82, 2.24) is 10.2 Å². The maximum atomic E-state index is 12.1. The van der Waals surface area contributed by atoms with Gasteiger partial charge in [-0.2, -0.15) is 0 Å². The zero-order chi connectivity index (χ0) is 24.3. The van der Waals surface area contributed by atoms with Gasteiger partial charge in [0, 0.05) is 19.5 Å². The molecule has 2 saturated heterocycles. The number of carbonyl (C=O) groups is 2. The molecule has 0 saturated carbocycles. The van der Waals surface area contributed by atoms with Gasteiger partial charge >= 0.3 is 94.7 Å². The molecule has 7 unspecified atom stereocenters. The predicted octanol–water partition coefficient (Wildman–Crippen LogP) is -12.4. The molecule has 2 aliphatic heterocycles. The van der Waals surface area contributed by atoms with Gasteiger partial charge in [-0.25, -0.2) is 13.4 Å². The van der Waals surface area contributed by atoms with E-state index in [1.165, 1.54) is 12.2 Å². The molecule has 2 fully saturated rings. The predicted molar refractivity (Wildman–Crippen MR) is 94.4 cm³/mol. The van der Waals surface area contributed by atoms with Crippen molar-refractivity contribution in [2.45, 2.75) is 24.9 Å². The van der Waals surface area contributed by atoms with Crippen LogP contribution in [-0.4, -0.2) is 65.0 Å². The summed E-state index contributed by atoms with van der Waals surface area (Å²) in [6, 6.07) is -0.820. The van der Waals surface area contributed by atoms with E-state index in [9.17, 15) is 43.1 Å². The fourth-order valence-electron chi connectivity index (χ4n) is 2.80. The number of nitrogens with one attached hydrogen (secondary N) is 1. The Labute approximate surface area is 265 Å². The third-order valence-electron chi connectivity index (χ3n) is 4.08. The summed E-state index contributed by atoms with van der Waals surface area (Å²) in [5.74, 6) is -1.33. The minimum absolute atomic E-state index is 0. The maximum Gasteiger partial charge on any atom is 1.00 e. The van der Waals surface area contributed by atoms with Crippen LogP contribution in [0, 0.1) is 5.92 Å². The van der Waals surface area contributed by atoms with Gasteiger partial charge in [-0.3, -0.25) is 28.7 Å². The van der Waals surface area contributed by atoms with Crippen LogP contribution in [0.5, 0.6) is 0 Å². The molecule has 2 heterocycles. The molecule has 0 aromatic heterocycles. The molecule has 0 aromatic carbocycles. The number of aliphatic hydroxyl groups excluding tert-OH is 1. The van der Waals surface area contributed by atoms with Crippen molar-refractivity contribution < 1.29 is 155 Å². The van der Waals surface area contributed by atoms with E-state index in [0.29, 0.717) is 0 Å². The molecule has 5 N–H and O–H groups in total. The second-order valence-corrected chi connectivity index (χ2v) is 10.8. The molecular formula is C12H19N3Na3O14P3. The Hall–Kier alpha value is 1.97. The van der Waals surface area contributed by atoms with E-state index in [1.807, 2.05) is 0 Å². The van der Waals surface area contributed by atoms with E-state index in [2.05, 4.69) is 18.5 Å². The minimum Gasteiger partial charge on any atom is -0.756 e. The third kappa shape index (κ3) is 13.3. The van der Waals surface area contributed by atoms with Gasteiger partial charge in [-0.05, 0) is 0 Å². The number of phosphoric ester groups is 1. The van der Waals surface area contributed by atoms with Crippen LogP contribution in [0.2, 0.25) is 0 Å². The normalized spacial score (nSPS) is 29.6.